The lowest BCUT2D eigenvalue weighted by atomic mass is 10.1. The van der Waals surface area contributed by atoms with Gasteiger partial charge in [-0.1, -0.05) is 0 Å². The van der Waals surface area contributed by atoms with Crippen LogP contribution in [-0.2, 0) is 9.53 Å². The molecule has 0 heterocycles. The number of rotatable bonds is 9. The van der Waals surface area contributed by atoms with Gasteiger partial charge in [0.1, 0.15) is 0 Å². The minimum Gasteiger partial charge on any atom is -0.493 e. The average molecular weight is 328 g/mol. The standard InChI is InChI=1S/C14H20N2O7/c1-21-12-6-9(11(17)8-15)10(16(19)20)7-13(12)23-5-3-4-14(18)22-2/h6-7,11,17H,3-5,8,15H2,1-2H3. The molecule has 0 aliphatic carbocycles. The third kappa shape index (κ3) is 5.08. The fourth-order valence-corrected chi connectivity index (χ4v) is 1.89. The van der Waals surface area contributed by atoms with E-state index < -0.39 is 11.0 Å². The van der Waals surface area contributed by atoms with Gasteiger partial charge in [-0.25, -0.2) is 0 Å². The molecule has 0 spiro atoms. The topological polar surface area (TPSA) is 134 Å². The van der Waals surface area contributed by atoms with Gasteiger partial charge in [-0.15, -0.1) is 0 Å². The third-order valence-corrected chi connectivity index (χ3v) is 3.10. The van der Waals surface area contributed by atoms with E-state index in [0.29, 0.717) is 6.42 Å². The van der Waals surface area contributed by atoms with Crippen LogP contribution in [0.25, 0.3) is 0 Å². The number of ether oxygens (including phenoxy) is 3. The van der Waals surface area contributed by atoms with Crippen LogP contribution in [0.5, 0.6) is 11.5 Å². The van der Waals surface area contributed by atoms with Crippen LogP contribution in [0.15, 0.2) is 12.1 Å². The molecular weight excluding hydrogens is 308 g/mol. The number of methoxy groups -OCH3 is 2. The van der Waals surface area contributed by atoms with Crippen molar-refractivity contribution in [1.29, 1.82) is 0 Å². The molecule has 0 aliphatic heterocycles. The summed E-state index contributed by atoms with van der Waals surface area (Å²) in [7, 11) is 2.66. The number of nitro benzene ring substituents is 1. The fourth-order valence-electron chi connectivity index (χ4n) is 1.89. The summed E-state index contributed by atoms with van der Waals surface area (Å²) in [6, 6.07) is 2.50. The first kappa shape index (κ1) is 18.7. The van der Waals surface area contributed by atoms with E-state index in [2.05, 4.69) is 4.74 Å². The maximum atomic E-state index is 11.1. The zero-order chi connectivity index (χ0) is 17.4. The summed E-state index contributed by atoms with van der Waals surface area (Å²) in [5, 5.41) is 20.9. The smallest absolute Gasteiger partial charge is 0.305 e. The normalized spacial score (nSPS) is 11.7. The van der Waals surface area contributed by atoms with Gasteiger partial charge in [0.25, 0.3) is 5.69 Å². The maximum Gasteiger partial charge on any atom is 0.305 e. The van der Waals surface area contributed by atoms with Crippen LogP contribution in [0.2, 0.25) is 0 Å². The molecule has 9 heteroatoms. The summed E-state index contributed by atoms with van der Waals surface area (Å²) < 4.78 is 15.1. The van der Waals surface area contributed by atoms with Crippen molar-refractivity contribution in [2.75, 3.05) is 27.4 Å². The Hall–Kier alpha value is -2.39. The quantitative estimate of drug-likeness (QED) is 0.296. The number of hydrogen-bond donors (Lipinski definition) is 2. The second-order valence-electron chi connectivity index (χ2n) is 4.60. The van der Waals surface area contributed by atoms with Crippen LogP contribution in [0.4, 0.5) is 5.69 Å². The molecule has 0 amide bonds. The fraction of sp³-hybridized carbons (Fsp3) is 0.500. The van der Waals surface area contributed by atoms with Gasteiger partial charge in [0, 0.05) is 13.0 Å². The van der Waals surface area contributed by atoms with E-state index in [0.717, 1.165) is 0 Å². The summed E-state index contributed by atoms with van der Waals surface area (Å²) in [5.41, 5.74) is 5.09. The Morgan fingerprint density at radius 2 is 2.09 bits per heavy atom. The Morgan fingerprint density at radius 3 is 2.61 bits per heavy atom. The molecule has 1 rings (SSSR count). The molecule has 0 radical (unpaired) electrons. The molecule has 0 aliphatic rings. The Balaban J connectivity index is 2.96. The molecule has 3 N–H and O–H groups in total. The van der Waals surface area contributed by atoms with Gasteiger partial charge in [-0.05, 0) is 12.5 Å². The minimum atomic E-state index is -1.18. The highest BCUT2D eigenvalue weighted by molar-refractivity contribution is 5.69. The van der Waals surface area contributed by atoms with Crippen molar-refractivity contribution < 1.29 is 29.0 Å². The first-order valence-corrected chi connectivity index (χ1v) is 6.88. The maximum absolute atomic E-state index is 11.1. The second kappa shape index (κ2) is 8.91. The number of nitrogens with two attached hydrogens (primary N) is 1. The van der Waals surface area contributed by atoms with Crippen LogP contribution in [0.1, 0.15) is 24.5 Å². The monoisotopic (exact) mass is 328 g/mol. The van der Waals surface area contributed by atoms with Crippen molar-refractivity contribution in [3.63, 3.8) is 0 Å². The van der Waals surface area contributed by atoms with Crippen molar-refractivity contribution in [2.24, 2.45) is 5.73 Å². The lowest BCUT2D eigenvalue weighted by molar-refractivity contribution is -0.386. The van der Waals surface area contributed by atoms with Crippen LogP contribution < -0.4 is 15.2 Å². The zero-order valence-corrected chi connectivity index (χ0v) is 13.0. The zero-order valence-electron chi connectivity index (χ0n) is 13.0. The van der Waals surface area contributed by atoms with Gasteiger partial charge >= 0.3 is 5.97 Å². The molecule has 1 aromatic rings. The highest BCUT2D eigenvalue weighted by atomic mass is 16.6. The van der Waals surface area contributed by atoms with Crippen molar-refractivity contribution in [2.45, 2.75) is 18.9 Å². The second-order valence-corrected chi connectivity index (χ2v) is 4.60. The number of benzene rings is 1. The number of carbonyl (C=O) groups excluding carboxylic acids is 1. The number of nitrogens with zero attached hydrogens (tertiary/aromatic N) is 1. The molecule has 0 saturated heterocycles. The van der Waals surface area contributed by atoms with E-state index in [1.54, 1.807) is 0 Å². The highest BCUT2D eigenvalue weighted by Crippen LogP contribution is 2.37. The van der Waals surface area contributed by atoms with E-state index in [1.807, 2.05) is 0 Å². The van der Waals surface area contributed by atoms with Crippen LogP contribution >= 0.6 is 0 Å². The van der Waals surface area contributed by atoms with Gasteiger partial charge in [-0.2, -0.15) is 0 Å². The summed E-state index contributed by atoms with van der Waals surface area (Å²) in [6.45, 7) is -0.00920. The highest BCUT2D eigenvalue weighted by Gasteiger charge is 2.24. The largest absolute Gasteiger partial charge is 0.493 e. The Kier molecular flexibility index (Phi) is 7.23. The third-order valence-electron chi connectivity index (χ3n) is 3.10. The number of carbonyl (C=O) groups is 1. The molecule has 0 fully saturated rings. The lowest BCUT2D eigenvalue weighted by Gasteiger charge is -2.14. The van der Waals surface area contributed by atoms with Crippen molar-refractivity contribution in [3.05, 3.63) is 27.8 Å². The minimum absolute atomic E-state index is 0.0521. The van der Waals surface area contributed by atoms with E-state index in [9.17, 15) is 20.0 Å². The molecule has 1 aromatic carbocycles. The number of hydrogen-bond acceptors (Lipinski definition) is 8. The SMILES string of the molecule is COC(=O)CCCOc1cc([N+](=O)[O-])c(C(O)CN)cc1OC. The summed E-state index contributed by atoms with van der Waals surface area (Å²) in [5.74, 6) is 0.0150. The lowest BCUT2D eigenvalue weighted by Crippen LogP contribution is -2.14. The van der Waals surface area contributed by atoms with E-state index in [1.165, 1.54) is 26.4 Å². The molecule has 0 saturated carbocycles. The number of nitro groups is 1. The van der Waals surface area contributed by atoms with E-state index in [4.69, 9.17) is 15.2 Å². The van der Waals surface area contributed by atoms with Crippen LogP contribution in [-0.4, -0.2) is 43.4 Å². The van der Waals surface area contributed by atoms with Crippen LogP contribution in [0, 0.1) is 10.1 Å². The first-order chi connectivity index (χ1) is 10.9. The summed E-state index contributed by atoms with van der Waals surface area (Å²) >= 11 is 0. The van der Waals surface area contributed by atoms with E-state index in [-0.39, 0.29) is 48.3 Å². The van der Waals surface area contributed by atoms with Gasteiger partial charge in [0.05, 0.1) is 43.5 Å². The van der Waals surface area contributed by atoms with Gasteiger partial charge in [0.2, 0.25) is 0 Å². The first-order valence-electron chi connectivity index (χ1n) is 6.88. The predicted molar refractivity (Wildman–Crippen MR) is 80.4 cm³/mol. The van der Waals surface area contributed by atoms with Gasteiger partial charge < -0.3 is 25.1 Å². The van der Waals surface area contributed by atoms with E-state index >= 15 is 0 Å². The van der Waals surface area contributed by atoms with Gasteiger partial charge in [-0.3, -0.25) is 14.9 Å². The van der Waals surface area contributed by atoms with Crippen molar-refractivity contribution in [1.82, 2.24) is 0 Å². The molecule has 1 unspecified atom stereocenters. The predicted octanol–water partition coefficient (Wildman–Crippen LogP) is 0.927. The summed E-state index contributed by atoms with van der Waals surface area (Å²) in [6.07, 6.45) is -0.625. The molecule has 1 atom stereocenters. The van der Waals surface area contributed by atoms with Gasteiger partial charge in [0.15, 0.2) is 11.5 Å². The number of aliphatic hydroxyl groups excluding tert-OH is 1. The van der Waals surface area contributed by atoms with Crippen molar-refractivity contribution in [3.8, 4) is 11.5 Å². The number of esters is 1. The average Bonchev–Trinajstić information content (AvgIpc) is 2.56. The number of aliphatic hydroxyl groups is 1. The molecule has 0 bridgehead atoms. The molecule has 23 heavy (non-hydrogen) atoms. The Morgan fingerprint density at radius 1 is 1.39 bits per heavy atom. The summed E-state index contributed by atoms with van der Waals surface area (Å²) in [4.78, 5) is 21.5. The molecule has 9 nitrogen and oxygen atoms in total. The molecule has 0 aromatic heterocycles. The van der Waals surface area contributed by atoms with Crippen LogP contribution in [0.3, 0.4) is 0 Å². The Bertz CT molecular complexity index is 562. The van der Waals surface area contributed by atoms with Crippen molar-refractivity contribution >= 4 is 11.7 Å². The molecule has 128 valence electrons. The Labute approximate surface area is 133 Å². The molecular formula is C14H20N2O7.